The number of amides is 1. The highest BCUT2D eigenvalue weighted by Crippen LogP contribution is 2.21. The van der Waals surface area contributed by atoms with Crippen LogP contribution >= 0.6 is 0 Å². The van der Waals surface area contributed by atoms with Crippen molar-refractivity contribution in [1.82, 2.24) is 15.3 Å². The minimum atomic E-state index is -0.744. The molecule has 7 heteroatoms. The van der Waals surface area contributed by atoms with E-state index in [0.29, 0.717) is 6.54 Å². The number of anilines is 2. The van der Waals surface area contributed by atoms with E-state index in [1.807, 2.05) is 31.2 Å². The molecule has 0 spiro atoms. The molecule has 1 aromatic heterocycles. The quantitative estimate of drug-likeness (QED) is 0.733. The summed E-state index contributed by atoms with van der Waals surface area (Å²) in [6.45, 7) is 2.33. The number of aromatic nitrogens is 2. The zero-order chi connectivity index (χ0) is 18.5. The van der Waals surface area contributed by atoms with Gasteiger partial charge in [0.25, 0.3) is 5.91 Å². The molecule has 132 valence electrons. The van der Waals surface area contributed by atoms with Crippen LogP contribution in [0.2, 0.25) is 0 Å². The molecule has 5 nitrogen and oxygen atoms in total. The van der Waals surface area contributed by atoms with Crippen LogP contribution in [0.4, 0.5) is 20.3 Å². The van der Waals surface area contributed by atoms with Crippen LogP contribution in [-0.4, -0.2) is 15.9 Å². The minimum absolute atomic E-state index is 0.109. The summed E-state index contributed by atoms with van der Waals surface area (Å²) in [5, 5.41) is 5.28. The van der Waals surface area contributed by atoms with Gasteiger partial charge in [-0.3, -0.25) is 4.79 Å². The highest BCUT2D eigenvalue weighted by molar-refractivity contribution is 5.92. The van der Waals surface area contributed by atoms with Crippen LogP contribution in [0.5, 0.6) is 0 Å². The third-order valence-electron chi connectivity index (χ3n) is 3.80. The molecule has 0 saturated heterocycles. The Morgan fingerprint density at radius 2 is 1.73 bits per heavy atom. The number of nitrogens with one attached hydrogen (secondary N) is 2. The lowest BCUT2D eigenvalue weighted by Crippen LogP contribution is -2.24. The van der Waals surface area contributed by atoms with Gasteiger partial charge in [-0.1, -0.05) is 30.3 Å². The molecule has 0 aliphatic rings. The van der Waals surface area contributed by atoms with E-state index < -0.39 is 11.6 Å². The Kier molecular flexibility index (Phi) is 5.17. The van der Waals surface area contributed by atoms with Crippen molar-refractivity contribution in [3.8, 4) is 0 Å². The lowest BCUT2D eigenvalue weighted by atomic mass is 10.1. The number of carbonyl (C=O) groups excluding carboxylic acids is 1. The van der Waals surface area contributed by atoms with Crippen molar-refractivity contribution in [1.29, 1.82) is 0 Å². The molecule has 0 saturated carbocycles. The number of benzene rings is 2. The SMILES string of the molecule is Cc1ccccc1CNC(=O)c1cnc(Nc2c(F)cccc2F)cn1. The Labute approximate surface area is 149 Å². The lowest BCUT2D eigenvalue weighted by Gasteiger charge is -2.09. The first-order chi connectivity index (χ1) is 12.5. The zero-order valence-electron chi connectivity index (χ0n) is 14.0. The molecule has 0 fully saturated rings. The molecular formula is C19H16F2N4O. The van der Waals surface area contributed by atoms with Crippen LogP contribution in [0.15, 0.2) is 54.9 Å². The van der Waals surface area contributed by atoms with E-state index in [-0.39, 0.29) is 23.1 Å². The number of nitrogens with zero attached hydrogens (tertiary/aromatic N) is 2. The number of para-hydroxylation sites is 1. The average Bonchev–Trinajstić information content (AvgIpc) is 2.64. The molecule has 3 rings (SSSR count). The summed E-state index contributed by atoms with van der Waals surface area (Å²) in [5.74, 6) is -1.74. The predicted octanol–water partition coefficient (Wildman–Crippen LogP) is 3.74. The van der Waals surface area contributed by atoms with Gasteiger partial charge in [-0.05, 0) is 30.2 Å². The van der Waals surface area contributed by atoms with Crippen molar-refractivity contribution in [2.24, 2.45) is 0 Å². The van der Waals surface area contributed by atoms with Crippen LogP contribution < -0.4 is 10.6 Å². The number of carbonyl (C=O) groups is 1. The van der Waals surface area contributed by atoms with E-state index in [4.69, 9.17) is 0 Å². The molecule has 3 aromatic rings. The maximum Gasteiger partial charge on any atom is 0.271 e. The fraction of sp³-hybridized carbons (Fsp3) is 0.105. The van der Waals surface area contributed by atoms with Gasteiger partial charge in [0.15, 0.2) is 0 Å². The average molecular weight is 354 g/mol. The molecule has 0 bridgehead atoms. The van der Waals surface area contributed by atoms with E-state index in [9.17, 15) is 13.6 Å². The van der Waals surface area contributed by atoms with Crippen LogP contribution in [-0.2, 0) is 6.54 Å². The predicted molar refractivity (Wildman–Crippen MR) is 94.0 cm³/mol. The molecule has 2 aromatic carbocycles. The second-order valence-electron chi connectivity index (χ2n) is 5.62. The van der Waals surface area contributed by atoms with E-state index in [1.165, 1.54) is 18.5 Å². The van der Waals surface area contributed by atoms with E-state index in [0.717, 1.165) is 23.3 Å². The van der Waals surface area contributed by atoms with Crippen molar-refractivity contribution in [3.63, 3.8) is 0 Å². The first kappa shape index (κ1) is 17.5. The van der Waals surface area contributed by atoms with Gasteiger partial charge in [-0.2, -0.15) is 0 Å². The van der Waals surface area contributed by atoms with E-state index >= 15 is 0 Å². The number of hydrogen-bond acceptors (Lipinski definition) is 4. The summed E-state index contributed by atoms with van der Waals surface area (Å²) in [6.07, 6.45) is 2.49. The summed E-state index contributed by atoms with van der Waals surface area (Å²) >= 11 is 0. The van der Waals surface area contributed by atoms with Crippen molar-refractivity contribution >= 4 is 17.4 Å². The molecule has 2 N–H and O–H groups in total. The third kappa shape index (κ3) is 4.00. The molecule has 0 aliphatic carbocycles. The van der Waals surface area contributed by atoms with Crippen LogP contribution in [0, 0.1) is 18.6 Å². The maximum atomic E-state index is 13.6. The monoisotopic (exact) mass is 354 g/mol. The third-order valence-corrected chi connectivity index (χ3v) is 3.80. The molecule has 0 unspecified atom stereocenters. The van der Waals surface area contributed by atoms with Gasteiger partial charge >= 0.3 is 0 Å². The van der Waals surface area contributed by atoms with Crippen molar-refractivity contribution in [3.05, 3.63) is 83.3 Å². The van der Waals surface area contributed by atoms with Crippen molar-refractivity contribution < 1.29 is 13.6 Å². The fourth-order valence-electron chi connectivity index (χ4n) is 2.33. The van der Waals surface area contributed by atoms with Gasteiger partial charge in [0.05, 0.1) is 12.4 Å². The van der Waals surface area contributed by atoms with Crippen LogP contribution in [0.3, 0.4) is 0 Å². The number of halogens is 2. The molecular weight excluding hydrogens is 338 g/mol. The standard InChI is InChI=1S/C19H16F2N4O/c1-12-5-2-3-6-13(12)9-24-19(26)16-10-23-17(11-22-16)25-18-14(20)7-4-8-15(18)21/h2-8,10-11H,9H2,1H3,(H,23,25)(H,24,26). The van der Waals surface area contributed by atoms with Gasteiger partial charge in [-0.25, -0.2) is 18.7 Å². The smallest absolute Gasteiger partial charge is 0.271 e. The van der Waals surface area contributed by atoms with Crippen LogP contribution in [0.25, 0.3) is 0 Å². The Balaban J connectivity index is 1.65. The highest BCUT2D eigenvalue weighted by Gasteiger charge is 2.11. The summed E-state index contributed by atoms with van der Waals surface area (Å²) in [6, 6.07) is 11.2. The van der Waals surface area contributed by atoms with Gasteiger partial charge in [-0.15, -0.1) is 0 Å². The molecule has 0 radical (unpaired) electrons. The molecule has 1 amide bonds. The second kappa shape index (κ2) is 7.69. The Bertz CT molecular complexity index is 909. The summed E-state index contributed by atoms with van der Waals surface area (Å²) in [5.41, 5.74) is 1.86. The molecule has 0 aliphatic heterocycles. The topological polar surface area (TPSA) is 66.9 Å². The van der Waals surface area contributed by atoms with Gasteiger partial charge in [0.2, 0.25) is 0 Å². The highest BCUT2D eigenvalue weighted by atomic mass is 19.1. The molecule has 26 heavy (non-hydrogen) atoms. The number of rotatable bonds is 5. The summed E-state index contributed by atoms with van der Waals surface area (Å²) in [7, 11) is 0. The van der Waals surface area contributed by atoms with E-state index in [2.05, 4.69) is 20.6 Å². The van der Waals surface area contributed by atoms with Crippen molar-refractivity contribution in [2.45, 2.75) is 13.5 Å². The summed E-state index contributed by atoms with van der Waals surface area (Å²) < 4.78 is 27.2. The lowest BCUT2D eigenvalue weighted by molar-refractivity contribution is 0.0945. The van der Waals surface area contributed by atoms with Crippen LogP contribution in [0.1, 0.15) is 21.6 Å². The first-order valence-corrected chi connectivity index (χ1v) is 7.90. The van der Waals surface area contributed by atoms with E-state index in [1.54, 1.807) is 0 Å². The van der Waals surface area contributed by atoms with Crippen molar-refractivity contribution in [2.75, 3.05) is 5.32 Å². The normalized spacial score (nSPS) is 10.4. The Hall–Kier alpha value is -3.35. The van der Waals surface area contributed by atoms with Gasteiger partial charge in [0, 0.05) is 6.54 Å². The van der Waals surface area contributed by atoms with Gasteiger partial charge in [0.1, 0.15) is 28.8 Å². The summed E-state index contributed by atoms with van der Waals surface area (Å²) in [4.78, 5) is 20.1. The minimum Gasteiger partial charge on any atom is -0.347 e. The van der Waals surface area contributed by atoms with Gasteiger partial charge < -0.3 is 10.6 Å². The Morgan fingerprint density at radius 3 is 2.38 bits per heavy atom. The molecule has 0 atom stereocenters. The number of aryl methyl sites for hydroxylation is 1. The zero-order valence-corrected chi connectivity index (χ0v) is 14.0. The maximum absolute atomic E-state index is 13.6. The fourth-order valence-corrected chi connectivity index (χ4v) is 2.33. The molecule has 1 heterocycles. The largest absolute Gasteiger partial charge is 0.347 e. The Morgan fingerprint density at radius 1 is 1.00 bits per heavy atom. The first-order valence-electron chi connectivity index (χ1n) is 7.90. The second-order valence-corrected chi connectivity index (χ2v) is 5.62. The number of hydrogen-bond donors (Lipinski definition) is 2.